The van der Waals surface area contributed by atoms with Crippen LogP contribution in [0.2, 0.25) is 25.7 Å². The fraction of sp³-hybridized carbons (Fsp3) is 0.562. The molecule has 11 heteroatoms. The van der Waals surface area contributed by atoms with Gasteiger partial charge in [0.15, 0.2) is 5.69 Å². The van der Waals surface area contributed by atoms with Crippen molar-refractivity contribution in [3.05, 3.63) is 53.1 Å². The van der Waals surface area contributed by atoms with Crippen LogP contribution in [-0.4, -0.2) is 63.3 Å². The number of carbonyl (C=O) groups is 1. The molecular weight excluding hydrogens is 579 g/mol. The SMILES string of the molecule is CN=CC1(c2ccc(NC(=O)c3nc(C#N)cn3COCC[Si](C)(C)C)c(C3=CCC(C)(C)CC3)c2)CCS(=O)(=O)CC1. The molecule has 0 radical (unpaired) electrons. The molecule has 0 saturated carbocycles. The highest BCUT2D eigenvalue weighted by Crippen LogP contribution is 2.43. The lowest BCUT2D eigenvalue weighted by Gasteiger charge is -2.35. The van der Waals surface area contributed by atoms with E-state index in [1.54, 1.807) is 17.8 Å². The lowest BCUT2D eigenvalue weighted by Crippen LogP contribution is -2.38. The van der Waals surface area contributed by atoms with E-state index < -0.39 is 29.2 Å². The zero-order valence-electron chi connectivity index (χ0n) is 26.4. The van der Waals surface area contributed by atoms with Gasteiger partial charge in [-0.1, -0.05) is 45.6 Å². The third-order valence-corrected chi connectivity index (χ3v) is 11.9. The average Bonchev–Trinajstić information content (AvgIpc) is 3.36. The van der Waals surface area contributed by atoms with Gasteiger partial charge in [0.2, 0.25) is 5.82 Å². The predicted octanol–water partition coefficient (Wildman–Crippen LogP) is 6.06. The highest BCUT2D eigenvalue weighted by Gasteiger charge is 2.38. The van der Waals surface area contributed by atoms with Gasteiger partial charge in [-0.05, 0) is 66.8 Å². The molecule has 2 aliphatic rings. The van der Waals surface area contributed by atoms with Crippen molar-refractivity contribution in [2.24, 2.45) is 10.4 Å². The van der Waals surface area contributed by atoms with Crippen molar-refractivity contribution in [2.75, 3.05) is 30.5 Å². The number of aliphatic imine (C=N–C) groups is 1. The molecule has 0 bridgehead atoms. The minimum Gasteiger partial charge on any atom is -0.361 e. The Morgan fingerprint density at radius 3 is 2.56 bits per heavy atom. The third-order valence-electron chi connectivity index (χ3n) is 8.58. The van der Waals surface area contributed by atoms with E-state index in [2.05, 4.69) is 60.9 Å². The topological polar surface area (TPSA) is 126 Å². The monoisotopic (exact) mass is 623 g/mol. The number of carbonyl (C=O) groups excluding carboxylic acids is 1. The van der Waals surface area contributed by atoms with E-state index in [-0.39, 0.29) is 35.2 Å². The molecule has 0 spiro atoms. The summed E-state index contributed by atoms with van der Waals surface area (Å²) >= 11 is 0. The summed E-state index contributed by atoms with van der Waals surface area (Å²) in [7, 11) is -2.62. The van der Waals surface area contributed by atoms with Crippen LogP contribution < -0.4 is 5.32 Å². The highest BCUT2D eigenvalue weighted by atomic mass is 32.2. The number of allylic oxidation sites excluding steroid dienone is 2. The van der Waals surface area contributed by atoms with Crippen LogP contribution in [-0.2, 0) is 26.7 Å². The summed E-state index contributed by atoms with van der Waals surface area (Å²) in [6.45, 7) is 12.1. The number of nitrogens with zero attached hydrogens (tertiary/aromatic N) is 4. The average molecular weight is 624 g/mol. The Balaban J connectivity index is 1.68. The number of nitriles is 1. The van der Waals surface area contributed by atoms with Crippen molar-refractivity contribution in [3.8, 4) is 6.07 Å². The molecule has 1 aromatic heterocycles. The van der Waals surface area contributed by atoms with E-state index in [1.165, 1.54) is 0 Å². The van der Waals surface area contributed by atoms with Crippen LogP contribution in [0.4, 0.5) is 5.69 Å². The Kier molecular flexibility index (Phi) is 9.84. The maximum absolute atomic E-state index is 13.7. The van der Waals surface area contributed by atoms with Crippen LogP contribution in [0.5, 0.6) is 0 Å². The zero-order valence-corrected chi connectivity index (χ0v) is 28.2. The molecule has 1 aliphatic heterocycles. The van der Waals surface area contributed by atoms with Gasteiger partial charge in [-0.3, -0.25) is 9.79 Å². The number of nitrogens with one attached hydrogen (secondary N) is 1. The molecule has 4 rings (SSSR count). The maximum Gasteiger partial charge on any atom is 0.291 e. The first-order valence-electron chi connectivity index (χ1n) is 15.0. The van der Waals surface area contributed by atoms with Crippen molar-refractivity contribution < 1.29 is 17.9 Å². The Hall–Kier alpha value is -3.07. The molecule has 1 amide bonds. The Morgan fingerprint density at radius 2 is 1.95 bits per heavy atom. The van der Waals surface area contributed by atoms with Gasteiger partial charge in [0.05, 0.1) is 11.5 Å². The summed E-state index contributed by atoms with van der Waals surface area (Å²) in [6, 6.07) is 9.00. The molecule has 1 aromatic carbocycles. The minimum absolute atomic E-state index is 0.116. The van der Waals surface area contributed by atoms with Crippen LogP contribution in [0, 0.1) is 16.7 Å². The van der Waals surface area contributed by atoms with Gasteiger partial charge in [-0.25, -0.2) is 13.4 Å². The van der Waals surface area contributed by atoms with Gasteiger partial charge >= 0.3 is 0 Å². The van der Waals surface area contributed by atoms with Gasteiger partial charge in [0.25, 0.3) is 5.91 Å². The zero-order chi connectivity index (χ0) is 31.5. The molecule has 0 atom stereocenters. The number of hydrogen-bond acceptors (Lipinski definition) is 7. The number of aromatic nitrogens is 2. The smallest absolute Gasteiger partial charge is 0.291 e. The molecule has 1 N–H and O–H groups in total. The molecule has 9 nitrogen and oxygen atoms in total. The van der Waals surface area contributed by atoms with Gasteiger partial charge in [-0.2, -0.15) is 5.26 Å². The lowest BCUT2D eigenvalue weighted by molar-refractivity contribution is 0.0808. The maximum atomic E-state index is 13.7. The molecule has 232 valence electrons. The number of amides is 1. The molecule has 2 heterocycles. The summed E-state index contributed by atoms with van der Waals surface area (Å²) in [5, 5.41) is 12.6. The van der Waals surface area contributed by atoms with E-state index in [4.69, 9.17) is 4.74 Å². The number of imidazole rings is 1. The predicted molar refractivity (Wildman–Crippen MR) is 175 cm³/mol. The molecule has 43 heavy (non-hydrogen) atoms. The Morgan fingerprint density at radius 1 is 1.23 bits per heavy atom. The van der Waals surface area contributed by atoms with Crippen LogP contribution in [0.3, 0.4) is 0 Å². The van der Waals surface area contributed by atoms with Gasteiger partial charge in [-0.15, -0.1) is 0 Å². The van der Waals surface area contributed by atoms with Gasteiger partial charge in [0, 0.05) is 50.8 Å². The molecule has 2 aromatic rings. The van der Waals surface area contributed by atoms with Crippen molar-refractivity contribution in [1.82, 2.24) is 9.55 Å². The molecule has 1 fully saturated rings. The first-order chi connectivity index (χ1) is 20.2. The summed E-state index contributed by atoms with van der Waals surface area (Å²) in [4.78, 5) is 22.3. The third kappa shape index (κ3) is 8.31. The van der Waals surface area contributed by atoms with E-state index in [0.717, 1.165) is 42.0 Å². The minimum atomic E-state index is -3.07. The number of rotatable bonds is 10. The summed E-state index contributed by atoms with van der Waals surface area (Å²) in [5.41, 5.74) is 3.58. The lowest BCUT2D eigenvalue weighted by atomic mass is 9.73. The van der Waals surface area contributed by atoms with Crippen LogP contribution >= 0.6 is 0 Å². The van der Waals surface area contributed by atoms with E-state index in [0.29, 0.717) is 25.1 Å². The fourth-order valence-electron chi connectivity index (χ4n) is 5.66. The summed E-state index contributed by atoms with van der Waals surface area (Å²) < 4.78 is 32.1. The van der Waals surface area contributed by atoms with E-state index >= 15 is 0 Å². The number of benzene rings is 1. The fourth-order valence-corrected chi connectivity index (χ4v) is 7.97. The second-order valence-electron chi connectivity index (χ2n) is 13.9. The quantitative estimate of drug-likeness (QED) is 0.195. The standard InChI is InChI=1S/C32H45N5O4SSi/c1-31(2)11-9-24(10-12-31)27-19-25(32(22-34-3)13-16-42(39,40)17-14-32)7-8-28(27)36-30(38)29-35-26(20-33)21-37(29)23-41-15-18-43(4,5)6/h7-9,19,21-22H,10-18,23H2,1-6H3,(H,36,38). The normalized spacial score (nSPS) is 19.5. The number of sulfone groups is 1. The van der Waals surface area contributed by atoms with Crippen LogP contribution in [0.1, 0.15) is 73.4 Å². The Bertz CT molecular complexity index is 1550. The second-order valence-corrected chi connectivity index (χ2v) is 21.8. The summed E-state index contributed by atoms with van der Waals surface area (Å²) in [6.07, 6.45) is 9.42. The number of anilines is 1. The first-order valence-corrected chi connectivity index (χ1v) is 20.5. The molecule has 1 saturated heterocycles. The van der Waals surface area contributed by atoms with Gasteiger partial charge < -0.3 is 14.6 Å². The molecule has 1 aliphatic carbocycles. The van der Waals surface area contributed by atoms with Crippen LogP contribution in [0.25, 0.3) is 5.57 Å². The van der Waals surface area contributed by atoms with Gasteiger partial charge in [0.1, 0.15) is 22.6 Å². The largest absolute Gasteiger partial charge is 0.361 e. The van der Waals surface area contributed by atoms with E-state index in [1.807, 2.05) is 24.4 Å². The van der Waals surface area contributed by atoms with Crippen molar-refractivity contribution in [1.29, 1.82) is 5.26 Å². The second kappa shape index (κ2) is 12.9. The summed E-state index contributed by atoms with van der Waals surface area (Å²) in [5.74, 6) is -0.0682. The number of hydrogen-bond donors (Lipinski definition) is 1. The van der Waals surface area contributed by atoms with E-state index in [9.17, 15) is 18.5 Å². The molecular formula is C32H45N5O4SSi. The highest BCUT2D eigenvalue weighted by molar-refractivity contribution is 7.91. The Labute approximate surface area is 257 Å². The van der Waals surface area contributed by atoms with Crippen molar-refractivity contribution in [2.45, 2.75) is 83.8 Å². The molecule has 0 unspecified atom stereocenters. The first kappa shape index (κ1) is 32.8. The number of ether oxygens (including phenoxy) is 1. The van der Waals surface area contributed by atoms with Crippen molar-refractivity contribution in [3.63, 3.8) is 0 Å². The van der Waals surface area contributed by atoms with Crippen LogP contribution in [0.15, 0.2) is 35.5 Å². The van der Waals surface area contributed by atoms with Crippen molar-refractivity contribution >= 4 is 41.3 Å².